The lowest BCUT2D eigenvalue weighted by molar-refractivity contribution is -0.126. The van der Waals surface area contributed by atoms with Gasteiger partial charge in [-0.25, -0.2) is 0 Å². The van der Waals surface area contributed by atoms with Gasteiger partial charge in [0.25, 0.3) is 5.91 Å². The summed E-state index contributed by atoms with van der Waals surface area (Å²) < 4.78 is 0.341. The van der Waals surface area contributed by atoms with E-state index in [-0.39, 0.29) is 18.4 Å². The van der Waals surface area contributed by atoms with Gasteiger partial charge in [-0.05, 0) is 30.7 Å². The standard InChI is InChI=1S/C15H11ClN4O2S3/c1-8-18-19-14(24-8)17-12(21)7-20-13(22)11(25-15(20)23)6-9-2-4-10(16)5-3-9/h2-6H,7H2,1H3,(H,17,19,21)/b11-6-. The van der Waals surface area contributed by atoms with Gasteiger partial charge in [0.2, 0.25) is 11.0 Å². The van der Waals surface area contributed by atoms with Crippen molar-refractivity contribution in [3.8, 4) is 0 Å². The second kappa shape index (κ2) is 7.61. The Morgan fingerprint density at radius 2 is 2.08 bits per heavy atom. The zero-order chi connectivity index (χ0) is 18.0. The zero-order valence-corrected chi connectivity index (χ0v) is 16.1. The van der Waals surface area contributed by atoms with E-state index in [4.69, 9.17) is 23.8 Å². The molecule has 1 aromatic heterocycles. The van der Waals surface area contributed by atoms with E-state index in [0.29, 0.717) is 19.4 Å². The third kappa shape index (κ3) is 4.43. The summed E-state index contributed by atoms with van der Waals surface area (Å²) in [7, 11) is 0. The number of anilines is 1. The van der Waals surface area contributed by atoms with Crippen molar-refractivity contribution in [1.29, 1.82) is 0 Å². The maximum atomic E-state index is 12.5. The molecule has 1 aliphatic rings. The molecule has 1 aromatic carbocycles. The Morgan fingerprint density at radius 3 is 2.72 bits per heavy atom. The molecule has 2 heterocycles. The summed E-state index contributed by atoms with van der Waals surface area (Å²) in [6.45, 7) is 1.62. The van der Waals surface area contributed by atoms with Crippen LogP contribution >= 0.6 is 46.9 Å². The number of aromatic nitrogens is 2. The third-order valence-corrected chi connectivity index (χ3v) is 5.50. The van der Waals surface area contributed by atoms with Crippen LogP contribution in [-0.4, -0.2) is 37.8 Å². The van der Waals surface area contributed by atoms with Crippen LogP contribution in [0.15, 0.2) is 29.2 Å². The van der Waals surface area contributed by atoms with Crippen LogP contribution in [0.4, 0.5) is 5.13 Å². The summed E-state index contributed by atoms with van der Waals surface area (Å²) in [5, 5.41) is 12.0. The fraction of sp³-hybridized carbons (Fsp3) is 0.133. The predicted molar refractivity (Wildman–Crippen MR) is 105 cm³/mol. The van der Waals surface area contributed by atoms with Gasteiger partial charge in [0.05, 0.1) is 4.91 Å². The number of nitrogens with zero attached hydrogens (tertiary/aromatic N) is 3. The van der Waals surface area contributed by atoms with Crippen molar-refractivity contribution in [3.63, 3.8) is 0 Å². The molecule has 0 unspecified atom stereocenters. The van der Waals surface area contributed by atoms with Crippen LogP contribution < -0.4 is 5.32 Å². The number of carbonyl (C=O) groups excluding carboxylic acids is 2. The zero-order valence-electron chi connectivity index (χ0n) is 12.9. The van der Waals surface area contributed by atoms with Gasteiger partial charge in [0, 0.05) is 5.02 Å². The van der Waals surface area contributed by atoms with Crippen LogP contribution in [0.3, 0.4) is 0 Å². The average Bonchev–Trinajstić information content (AvgIpc) is 3.08. The second-order valence-electron chi connectivity index (χ2n) is 4.99. The summed E-state index contributed by atoms with van der Waals surface area (Å²) >= 11 is 13.5. The first-order chi connectivity index (χ1) is 11.9. The minimum absolute atomic E-state index is 0.165. The molecule has 128 valence electrons. The normalized spacial score (nSPS) is 15.9. The van der Waals surface area contributed by atoms with Gasteiger partial charge in [0.1, 0.15) is 15.9 Å². The molecule has 0 aliphatic carbocycles. The largest absolute Gasteiger partial charge is 0.299 e. The summed E-state index contributed by atoms with van der Waals surface area (Å²) in [5.41, 5.74) is 0.832. The fourth-order valence-electron chi connectivity index (χ4n) is 2.00. The van der Waals surface area contributed by atoms with Crippen molar-refractivity contribution < 1.29 is 9.59 Å². The SMILES string of the molecule is Cc1nnc(NC(=O)CN2C(=O)/C(=C/c3ccc(Cl)cc3)SC2=S)s1. The lowest BCUT2D eigenvalue weighted by Gasteiger charge is -2.13. The van der Waals surface area contributed by atoms with E-state index >= 15 is 0 Å². The lowest BCUT2D eigenvalue weighted by Crippen LogP contribution is -2.36. The number of thioether (sulfide) groups is 1. The molecular weight excluding hydrogens is 400 g/mol. The molecule has 2 amide bonds. The summed E-state index contributed by atoms with van der Waals surface area (Å²) in [5.74, 6) is -0.672. The molecule has 25 heavy (non-hydrogen) atoms. The lowest BCUT2D eigenvalue weighted by atomic mass is 10.2. The molecule has 0 saturated carbocycles. The average molecular weight is 411 g/mol. The van der Waals surface area contributed by atoms with Crippen LogP contribution in [-0.2, 0) is 9.59 Å². The summed E-state index contributed by atoms with van der Waals surface area (Å²) in [6, 6.07) is 7.09. The van der Waals surface area contributed by atoms with Gasteiger partial charge in [-0.3, -0.25) is 19.8 Å². The maximum absolute atomic E-state index is 12.5. The topological polar surface area (TPSA) is 75.2 Å². The third-order valence-electron chi connectivity index (χ3n) is 3.12. The Kier molecular flexibility index (Phi) is 5.48. The van der Waals surface area contributed by atoms with Crippen molar-refractivity contribution in [1.82, 2.24) is 15.1 Å². The number of benzene rings is 1. The van der Waals surface area contributed by atoms with E-state index in [2.05, 4.69) is 15.5 Å². The number of carbonyl (C=O) groups is 2. The Morgan fingerprint density at radius 1 is 1.36 bits per heavy atom. The first kappa shape index (κ1) is 18.0. The molecule has 1 fully saturated rings. The number of amides is 2. The number of halogens is 1. The highest BCUT2D eigenvalue weighted by Crippen LogP contribution is 2.32. The Balaban J connectivity index is 1.68. The minimum atomic E-state index is -0.375. The van der Waals surface area contributed by atoms with Crippen LogP contribution in [0.1, 0.15) is 10.6 Å². The summed E-state index contributed by atoms with van der Waals surface area (Å²) in [6.07, 6.45) is 1.72. The van der Waals surface area contributed by atoms with Gasteiger partial charge >= 0.3 is 0 Å². The van der Waals surface area contributed by atoms with Crippen molar-refractivity contribution in [3.05, 3.63) is 44.8 Å². The van der Waals surface area contributed by atoms with E-state index in [1.54, 1.807) is 37.3 Å². The molecule has 0 atom stereocenters. The molecule has 3 rings (SSSR count). The van der Waals surface area contributed by atoms with Crippen molar-refractivity contribution >= 4 is 74.3 Å². The number of thiocarbonyl (C=S) groups is 1. The first-order valence-corrected chi connectivity index (χ1v) is 9.45. The Labute approximate surface area is 162 Å². The van der Waals surface area contributed by atoms with Crippen LogP contribution in [0.5, 0.6) is 0 Å². The molecule has 0 radical (unpaired) electrons. The highest BCUT2D eigenvalue weighted by molar-refractivity contribution is 8.26. The van der Waals surface area contributed by atoms with Crippen molar-refractivity contribution in [2.75, 3.05) is 11.9 Å². The number of hydrogen-bond donors (Lipinski definition) is 1. The smallest absolute Gasteiger partial charge is 0.266 e. The Bertz CT molecular complexity index is 879. The van der Waals surface area contributed by atoms with Crippen molar-refractivity contribution in [2.45, 2.75) is 6.92 Å². The Hall–Kier alpha value is -1.81. The van der Waals surface area contributed by atoms with Crippen LogP contribution in [0, 0.1) is 6.92 Å². The molecule has 0 spiro atoms. The van der Waals surface area contributed by atoms with Crippen LogP contribution in [0.2, 0.25) is 5.02 Å². The van der Waals surface area contributed by atoms with E-state index in [0.717, 1.165) is 22.3 Å². The molecule has 1 saturated heterocycles. The highest BCUT2D eigenvalue weighted by atomic mass is 35.5. The van der Waals surface area contributed by atoms with Gasteiger partial charge in [-0.1, -0.05) is 59.1 Å². The molecular formula is C15H11ClN4O2S3. The maximum Gasteiger partial charge on any atom is 0.266 e. The van der Waals surface area contributed by atoms with Gasteiger partial charge in [-0.15, -0.1) is 10.2 Å². The number of hydrogen-bond acceptors (Lipinski definition) is 7. The predicted octanol–water partition coefficient (Wildman–Crippen LogP) is 3.34. The first-order valence-electron chi connectivity index (χ1n) is 7.03. The number of rotatable bonds is 4. The molecule has 1 N–H and O–H groups in total. The van der Waals surface area contributed by atoms with E-state index in [9.17, 15) is 9.59 Å². The van der Waals surface area contributed by atoms with Crippen LogP contribution in [0.25, 0.3) is 6.08 Å². The van der Waals surface area contributed by atoms with Gasteiger partial charge in [0.15, 0.2) is 0 Å². The highest BCUT2D eigenvalue weighted by Gasteiger charge is 2.33. The summed E-state index contributed by atoms with van der Waals surface area (Å²) in [4.78, 5) is 26.3. The minimum Gasteiger partial charge on any atom is -0.299 e. The molecule has 10 heteroatoms. The molecule has 0 bridgehead atoms. The van der Waals surface area contributed by atoms with Gasteiger partial charge in [-0.2, -0.15) is 0 Å². The monoisotopic (exact) mass is 410 g/mol. The molecule has 2 aromatic rings. The number of nitrogens with one attached hydrogen (secondary N) is 1. The van der Waals surface area contributed by atoms with E-state index in [1.807, 2.05) is 0 Å². The van der Waals surface area contributed by atoms with Crippen molar-refractivity contribution in [2.24, 2.45) is 0 Å². The van der Waals surface area contributed by atoms with E-state index in [1.165, 1.54) is 16.2 Å². The number of aryl methyl sites for hydroxylation is 1. The quantitative estimate of drug-likeness (QED) is 0.615. The molecule has 1 aliphatic heterocycles. The van der Waals surface area contributed by atoms with E-state index < -0.39 is 0 Å². The second-order valence-corrected chi connectivity index (χ2v) is 8.29. The van der Waals surface area contributed by atoms with Gasteiger partial charge < -0.3 is 0 Å². The fourth-order valence-corrected chi connectivity index (χ4v) is 3.99. The molecule has 6 nitrogen and oxygen atoms in total.